The average molecular weight is 276 g/mol. The van der Waals surface area contributed by atoms with Crippen molar-refractivity contribution >= 4 is 12.0 Å². The summed E-state index contributed by atoms with van der Waals surface area (Å²) in [4.78, 5) is 22.2. The Morgan fingerprint density at radius 2 is 1.63 bits per heavy atom. The van der Waals surface area contributed by atoms with Crippen LogP contribution in [0.2, 0.25) is 0 Å². The van der Waals surface area contributed by atoms with E-state index in [1.165, 1.54) is 0 Å². The van der Waals surface area contributed by atoms with Gasteiger partial charge in [-0.15, -0.1) is 0 Å². The van der Waals surface area contributed by atoms with E-state index in [0.29, 0.717) is 25.5 Å². The van der Waals surface area contributed by atoms with E-state index in [1.54, 1.807) is 0 Å². The lowest BCUT2D eigenvalue weighted by molar-refractivity contribution is -0.120. The maximum atomic E-state index is 11.2. The molecule has 0 rings (SSSR count). The van der Waals surface area contributed by atoms with Gasteiger partial charge in [0, 0.05) is 22.4 Å². The van der Waals surface area contributed by atoms with E-state index in [1.807, 2.05) is 20.8 Å². The highest BCUT2D eigenvalue weighted by Crippen LogP contribution is 1.98. The van der Waals surface area contributed by atoms with Gasteiger partial charge in [0.15, 0.2) is 0 Å². The Morgan fingerprint density at radius 3 is 2.16 bits per heavy atom. The Balaban J connectivity index is -0.00000162. The summed E-state index contributed by atoms with van der Waals surface area (Å²) in [6.07, 6.45) is 4.26. The number of unbranched alkanes of at least 4 members (excludes halogenated alkanes) is 3. The third-order valence-electron chi connectivity index (χ3n) is 2.56. The highest BCUT2D eigenvalue weighted by atomic mass is 16.5. The number of hydrogen-bond acceptors (Lipinski definition) is 3. The quantitative estimate of drug-likeness (QED) is 0.603. The Hall–Kier alpha value is -1.26. The second-order valence-corrected chi connectivity index (χ2v) is 5.04. The zero-order valence-electron chi connectivity index (χ0n) is 12.5. The fourth-order valence-corrected chi connectivity index (χ4v) is 1.44. The van der Waals surface area contributed by atoms with Crippen molar-refractivity contribution in [2.45, 2.75) is 52.9 Å². The van der Waals surface area contributed by atoms with Crippen LogP contribution in [0.5, 0.6) is 0 Å². The number of ether oxygens (including phenoxy) is 1. The van der Waals surface area contributed by atoms with Gasteiger partial charge in [0.25, 0.3) is 0 Å². The van der Waals surface area contributed by atoms with Crippen molar-refractivity contribution in [3.05, 3.63) is 0 Å². The van der Waals surface area contributed by atoms with Crippen LogP contribution in [-0.4, -0.2) is 31.7 Å². The maximum Gasteiger partial charge on any atom is 0.407 e. The van der Waals surface area contributed by atoms with E-state index in [-0.39, 0.29) is 14.9 Å². The molecular weight excluding hydrogens is 244 g/mol. The van der Waals surface area contributed by atoms with Crippen LogP contribution in [0.4, 0.5) is 4.79 Å². The predicted octanol–water partition coefficient (Wildman–Crippen LogP) is 2.95. The molecule has 0 heterocycles. The number of carbonyl (C=O) groups excluding carboxylic acids is 2. The Kier molecular flexibility index (Phi) is 11.0. The normalized spacial score (nSPS) is 10.3. The van der Waals surface area contributed by atoms with Gasteiger partial charge in [-0.05, 0) is 18.8 Å². The molecule has 0 aliphatic carbocycles. The molecule has 0 aromatic heterocycles. The lowest BCUT2D eigenvalue weighted by atomic mass is 10.2. The highest BCUT2D eigenvalue weighted by molar-refractivity contribution is 5.75. The lowest BCUT2D eigenvalue weighted by Crippen LogP contribution is -2.26. The highest BCUT2D eigenvalue weighted by Gasteiger charge is 2.02. The first-order valence-corrected chi connectivity index (χ1v) is 7.23. The van der Waals surface area contributed by atoms with Crippen molar-refractivity contribution < 1.29 is 17.2 Å². The summed E-state index contributed by atoms with van der Waals surface area (Å²) < 4.78 is 4.99. The molecule has 5 nitrogen and oxygen atoms in total. The fraction of sp³-hybridized carbons (Fsp3) is 0.857. The molecular formula is C14H32N2O3. The Morgan fingerprint density at radius 1 is 1.05 bits per heavy atom. The van der Waals surface area contributed by atoms with Crippen LogP contribution >= 0.6 is 0 Å². The van der Waals surface area contributed by atoms with E-state index in [9.17, 15) is 9.59 Å². The Bertz CT molecular complexity index is 265. The molecule has 0 aromatic carbocycles. The second-order valence-electron chi connectivity index (χ2n) is 5.04. The van der Waals surface area contributed by atoms with Crippen LogP contribution in [-0.2, 0) is 9.53 Å². The van der Waals surface area contributed by atoms with Gasteiger partial charge in [-0.25, -0.2) is 4.79 Å². The molecule has 116 valence electrons. The molecule has 2 amide bonds. The first-order valence-electron chi connectivity index (χ1n) is 7.23. The first-order chi connectivity index (χ1) is 9.06. The van der Waals surface area contributed by atoms with Crippen LogP contribution in [0.1, 0.15) is 55.7 Å². The van der Waals surface area contributed by atoms with E-state index >= 15 is 0 Å². The molecule has 5 heteroatoms. The van der Waals surface area contributed by atoms with Gasteiger partial charge in [-0.3, -0.25) is 4.79 Å². The number of hydrogen-bond donors (Lipinski definition) is 2. The third-order valence-corrected chi connectivity index (χ3v) is 2.56. The van der Waals surface area contributed by atoms with Gasteiger partial charge in [0.05, 0.1) is 6.61 Å². The molecule has 0 radical (unpaired) electrons. The summed E-state index contributed by atoms with van der Waals surface area (Å²) in [6, 6.07) is 0. The fourth-order valence-electron chi connectivity index (χ4n) is 1.44. The van der Waals surface area contributed by atoms with E-state index in [2.05, 4.69) is 10.6 Å². The monoisotopic (exact) mass is 276 g/mol. The summed E-state index contributed by atoms with van der Waals surface area (Å²) >= 11 is 0. The van der Waals surface area contributed by atoms with Crippen LogP contribution in [0.3, 0.4) is 0 Å². The minimum Gasteiger partial charge on any atom is -0.449 e. The standard InChI is InChI=1S/C14H28N2O3.2H2/c1-4-13(17)15-9-7-5-6-8-10-16-14(18)19-11-12(2)3;;/h12H,4-11H2,1-3H3,(H,15,17)(H,16,18);2*1H. The van der Waals surface area contributed by atoms with Crippen molar-refractivity contribution in [2.24, 2.45) is 5.92 Å². The summed E-state index contributed by atoms with van der Waals surface area (Å²) in [5.41, 5.74) is 0. The third kappa shape index (κ3) is 13.0. The van der Waals surface area contributed by atoms with Crippen molar-refractivity contribution in [1.29, 1.82) is 0 Å². The van der Waals surface area contributed by atoms with E-state index in [0.717, 1.165) is 32.2 Å². The van der Waals surface area contributed by atoms with Crippen molar-refractivity contribution in [3.63, 3.8) is 0 Å². The van der Waals surface area contributed by atoms with E-state index in [4.69, 9.17) is 4.74 Å². The topological polar surface area (TPSA) is 67.4 Å². The smallest absolute Gasteiger partial charge is 0.407 e. The number of alkyl carbamates (subject to hydrolysis) is 1. The van der Waals surface area contributed by atoms with E-state index < -0.39 is 0 Å². The first kappa shape index (κ1) is 17.7. The number of carbonyl (C=O) groups is 2. The molecule has 0 aliphatic heterocycles. The van der Waals surface area contributed by atoms with Crippen LogP contribution < -0.4 is 10.6 Å². The number of rotatable bonds is 10. The average Bonchev–Trinajstić information content (AvgIpc) is 2.38. The maximum absolute atomic E-state index is 11.2. The van der Waals surface area contributed by atoms with Gasteiger partial charge in [0.2, 0.25) is 5.91 Å². The van der Waals surface area contributed by atoms with Crippen molar-refractivity contribution in [1.82, 2.24) is 10.6 Å². The molecule has 0 spiro atoms. The molecule has 0 bridgehead atoms. The molecule has 2 N–H and O–H groups in total. The minimum absolute atomic E-state index is 0. The largest absolute Gasteiger partial charge is 0.449 e. The summed E-state index contributed by atoms with van der Waals surface area (Å²) in [5.74, 6) is 0.471. The molecule has 0 atom stereocenters. The lowest BCUT2D eigenvalue weighted by Gasteiger charge is -2.08. The molecule has 0 saturated carbocycles. The SMILES string of the molecule is CCC(=O)NCCCCCCNC(=O)OCC(C)C.[HH].[HH]. The van der Waals surface area contributed by atoms with Crippen molar-refractivity contribution in [3.8, 4) is 0 Å². The van der Waals surface area contributed by atoms with Gasteiger partial charge in [-0.1, -0.05) is 33.6 Å². The Labute approximate surface area is 119 Å². The summed E-state index contributed by atoms with van der Waals surface area (Å²) in [6.45, 7) is 7.71. The van der Waals surface area contributed by atoms with Gasteiger partial charge in [-0.2, -0.15) is 0 Å². The molecule has 0 fully saturated rings. The summed E-state index contributed by atoms with van der Waals surface area (Å²) in [7, 11) is 0. The van der Waals surface area contributed by atoms with Gasteiger partial charge in [0.1, 0.15) is 0 Å². The van der Waals surface area contributed by atoms with Crippen LogP contribution in [0.15, 0.2) is 0 Å². The zero-order chi connectivity index (χ0) is 14.5. The minimum atomic E-state index is -0.330. The van der Waals surface area contributed by atoms with Crippen LogP contribution in [0, 0.1) is 5.92 Å². The molecule has 0 unspecified atom stereocenters. The van der Waals surface area contributed by atoms with Crippen molar-refractivity contribution in [2.75, 3.05) is 19.7 Å². The molecule has 0 saturated heterocycles. The molecule has 0 aliphatic rings. The summed E-state index contributed by atoms with van der Waals surface area (Å²) in [5, 5.41) is 5.57. The number of amides is 2. The zero-order valence-corrected chi connectivity index (χ0v) is 12.5. The predicted molar refractivity (Wildman–Crippen MR) is 80.2 cm³/mol. The van der Waals surface area contributed by atoms with Crippen LogP contribution in [0.25, 0.3) is 0 Å². The molecule has 0 aromatic rings. The second kappa shape index (κ2) is 11.8. The number of nitrogens with one attached hydrogen (secondary N) is 2. The molecule has 19 heavy (non-hydrogen) atoms. The van der Waals surface area contributed by atoms with Gasteiger partial charge >= 0.3 is 6.09 Å². The van der Waals surface area contributed by atoms with Gasteiger partial charge < -0.3 is 15.4 Å².